The lowest BCUT2D eigenvalue weighted by Gasteiger charge is -2.34. The molecule has 1 fully saturated rings. The van der Waals surface area contributed by atoms with E-state index >= 15 is 0 Å². The Morgan fingerprint density at radius 1 is 1.47 bits per heavy atom. The van der Waals surface area contributed by atoms with Crippen LogP contribution >= 0.6 is 23.2 Å². The van der Waals surface area contributed by atoms with E-state index in [2.05, 4.69) is 5.32 Å². The number of nitrogens with one attached hydrogen (secondary N) is 1. The van der Waals surface area contributed by atoms with Crippen molar-refractivity contribution in [3.63, 3.8) is 0 Å². The highest BCUT2D eigenvalue weighted by molar-refractivity contribution is 6.43. The molecule has 1 atom stereocenters. The second kappa shape index (κ2) is 5.25. The van der Waals surface area contributed by atoms with Crippen molar-refractivity contribution in [2.75, 3.05) is 19.6 Å². The van der Waals surface area contributed by atoms with Gasteiger partial charge in [0.15, 0.2) is 0 Å². The first-order valence-corrected chi connectivity index (χ1v) is 6.32. The van der Waals surface area contributed by atoms with Gasteiger partial charge in [0.2, 0.25) is 0 Å². The van der Waals surface area contributed by atoms with Crippen LogP contribution in [-0.2, 0) is 0 Å². The van der Waals surface area contributed by atoms with Gasteiger partial charge in [0.05, 0.1) is 15.6 Å². The van der Waals surface area contributed by atoms with Gasteiger partial charge in [0.25, 0.3) is 5.91 Å². The summed E-state index contributed by atoms with van der Waals surface area (Å²) < 4.78 is 0. The van der Waals surface area contributed by atoms with Crippen molar-refractivity contribution in [3.8, 4) is 0 Å². The van der Waals surface area contributed by atoms with Crippen LogP contribution in [0.1, 0.15) is 17.3 Å². The van der Waals surface area contributed by atoms with Crippen LogP contribution in [0.15, 0.2) is 18.2 Å². The summed E-state index contributed by atoms with van der Waals surface area (Å²) in [4.78, 5) is 14.2. The van der Waals surface area contributed by atoms with E-state index in [4.69, 9.17) is 23.2 Å². The zero-order valence-electron chi connectivity index (χ0n) is 9.54. The van der Waals surface area contributed by atoms with Crippen LogP contribution in [0.5, 0.6) is 0 Å². The van der Waals surface area contributed by atoms with E-state index in [1.165, 1.54) is 0 Å². The number of piperazine rings is 1. The van der Waals surface area contributed by atoms with Gasteiger partial charge >= 0.3 is 0 Å². The zero-order chi connectivity index (χ0) is 12.4. The summed E-state index contributed by atoms with van der Waals surface area (Å²) in [5.41, 5.74) is 0.480. The molecular weight excluding hydrogens is 259 g/mol. The normalized spacial score (nSPS) is 20.4. The summed E-state index contributed by atoms with van der Waals surface area (Å²) in [6.07, 6.45) is 0. The lowest BCUT2D eigenvalue weighted by atomic mass is 10.1. The molecule has 0 radical (unpaired) electrons. The van der Waals surface area contributed by atoms with E-state index in [1.807, 2.05) is 11.8 Å². The van der Waals surface area contributed by atoms with Gasteiger partial charge in [-0.3, -0.25) is 4.79 Å². The maximum absolute atomic E-state index is 12.3. The topological polar surface area (TPSA) is 32.3 Å². The monoisotopic (exact) mass is 272 g/mol. The SMILES string of the molecule is C[C@@H]1CNCCN1C(=O)c1cccc(Cl)c1Cl. The molecule has 1 aliphatic heterocycles. The molecule has 2 rings (SSSR count). The maximum atomic E-state index is 12.3. The fraction of sp³-hybridized carbons (Fsp3) is 0.417. The predicted octanol–water partition coefficient (Wildman–Crippen LogP) is 2.43. The first-order chi connectivity index (χ1) is 8.11. The van der Waals surface area contributed by atoms with Crippen LogP contribution in [0, 0.1) is 0 Å². The number of benzene rings is 1. The third-order valence-corrected chi connectivity index (χ3v) is 3.76. The molecule has 1 aliphatic rings. The highest BCUT2D eigenvalue weighted by Crippen LogP contribution is 2.27. The van der Waals surface area contributed by atoms with Gasteiger partial charge in [-0.1, -0.05) is 29.3 Å². The van der Waals surface area contributed by atoms with Gasteiger partial charge in [0.1, 0.15) is 0 Å². The van der Waals surface area contributed by atoms with E-state index in [0.717, 1.165) is 13.1 Å². The fourth-order valence-corrected chi connectivity index (χ4v) is 2.35. The number of nitrogens with zero attached hydrogens (tertiary/aromatic N) is 1. The molecule has 0 saturated carbocycles. The van der Waals surface area contributed by atoms with Gasteiger partial charge in [-0.15, -0.1) is 0 Å². The van der Waals surface area contributed by atoms with Crippen LogP contribution in [0.3, 0.4) is 0 Å². The molecule has 0 bridgehead atoms. The highest BCUT2D eigenvalue weighted by Gasteiger charge is 2.25. The van der Waals surface area contributed by atoms with Gasteiger partial charge in [-0.05, 0) is 19.1 Å². The maximum Gasteiger partial charge on any atom is 0.255 e. The molecular formula is C12H14Cl2N2O. The third kappa shape index (κ3) is 2.57. The average molecular weight is 273 g/mol. The van der Waals surface area contributed by atoms with Gasteiger partial charge < -0.3 is 10.2 Å². The van der Waals surface area contributed by atoms with Gasteiger partial charge in [-0.2, -0.15) is 0 Å². The lowest BCUT2D eigenvalue weighted by Crippen LogP contribution is -2.52. The van der Waals surface area contributed by atoms with Crippen LogP contribution < -0.4 is 5.32 Å². The number of rotatable bonds is 1. The molecule has 0 unspecified atom stereocenters. The third-order valence-electron chi connectivity index (χ3n) is 2.94. The molecule has 92 valence electrons. The van der Waals surface area contributed by atoms with Crippen molar-refractivity contribution in [1.29, 1.82) is 0 Å². The zero-order valence-corrected chi connectivity index (χ0v) is 11.1. The molecule has 1 heterocycles. The Hall–Kier alpha value is -0.770. The number of carbonyl (C=O) groups is 1. The van der Waals surface area contributed by atoms with Gasteiger partial charge in [-0.25, -0.2) is 0 Å². The molecule has 1 aromatic rings. The summed E-state index contributed by atoms with van der Waals surface area (Å²) in [6.45, 7) is 4.34. The standard InChI is InChI=1S/C12H14Cl2N2O/c1-8-7-15-5-6-16(8)12(17)9-3-2-4-10(13)11(9)14/h2-4,8,15H,5-7H2,1H3/t8-/m1/s1. The molecule has 5 heteroatoms. The summed E-state index contributed by atoms with van der Waals surface area (Å²) in [6, 6.07) is 5.31. The number of amides is 1. The molecule has 3 nitrogen and oxygen atoms in total. The first kappa shape index (κ1) is 12.7. The Balaban J connectivity index is 2.27. The Bertz CT molecular complexity index is 437. The van der Waals surface area contributed by atoms with Crippen LogP contribution in [0.25, 0.3) is 0 Å². The Morgan fingerprint density at radius 3 is 2.94 bits per heavy atom. The summed E-state index contributed by atoms with van der Waals surface area (Å²) in [5.74, 6) is -0.0495. The van der Waals surface area contributed by atoms with Crippen LogP contribution in [0.2, 0.25) is 10.0 Å². The fourth-order valence-electron chi connectivity index (χ4n) is 1.97. The van der Waals surface area contributed by atoms with Crippen LogP contribution in [-0.4, -0.2) is 36.5 Å². The van der Waals surface area contributed by atoms with Gasteiger partial charge in [0, 0.05) is 25.7 Å². The van der Waals surface area contributed by atoms with Crippen molar-refractivity contribution < 1.29 is 4.79 Å². The highest BCUT2D eigenvalue weighted by atomic mass is 35.5. The molecule has 1 aromatic carbocycles. The van der Waals surface area contributed by atoms with E-state index in [1.54, 1.807) is 18.2 Å². The number of hydrogen-bond donors (Lipinski definition) is 1. The van der Waals surface area contributed by atoms with Crippen molar-refractivity contribution in [1.82, 2.24) is 10.2 Å². The minimum Gasteiger partial charge on any atom is -0.333 e. The van der Waals surface area contributed by atoms with E-state index in [9.17, 15) is 4.79 Å². The molecule has 0 aromatic heterocycles. The van der Waals surface area contributed by atoms with Crippen molar-refractivity contribution in [3.05, 3.63) is 33.8 Å². The largest absolute Gasteiger partial charge is 0.333 e. The summed E-state index contributed by atoms with van der Waals surface area (Å²) in [5, 5.41) is 4.00. The molecule has 1 N–H and O–H groups in total. The first-order valence-electron chi connectivity index (χ1n) is 5.57. The van der Waals surface area contributed by atoms with Crippen molar-refractivity contribution in [2.24, 2.45) is 0 Å². The molecule has 1 amide bonds. The predicted molar refractivity (Wildman–Crippen MR) is 69.8 cm³/mol. The van der Waals surface area contributed by atoms with Crippen molar-refractivity contribution >= 4 is 29.1 Å². The molecule has 1 saturated heterocycles. The molecule has 0 aliphatic carbocycles. The minimum atomic E-state index is -0.0495. The smallest absolute Gasteiger partial charge is 0.255 e. The summed E-state index contributed by atoms with van der Waals surface area (Å²) in [7, 11) is 0. The number of hydrogen-bond acceptors (Lipinski definition) is 2. The quantitative estimate of drug-likeness (QED) is 0.852. The van der Waals surface area contributed by atoms with E-state index in [0.29, 0.717) is 22.2 Å². The second-order valence-electron chi connectivity index (χ2n) is 4.15. The summed E-state index contributed by atoms with van der Waals surface area (Å²) >= 11 is 12.0. The lowest BCUT2D eigenvalue weighted by molar-refractivity contribution is 0.0656. The van der Waals surface area contributed by atoms with E-state index in [-0.39, 0.29) is 11.9 Å². The Kier molecular flexibility index (Phi) is 3.92. The van der Waals surface area contributed by atoms with Crippen LogP contribution in [0.4, 0.5) is 0 Å². The molecule has 17 heavy (non-hydrogen) atoms. The number of halogens is 2. The van der Waals surface area contributed by atoms with Crippen molar-refractivity contribution in [2.45, 2.75) is 13.0 Å². The average Bonchev–Trinajstić information content (AvgIpc) is 2.32. The second-order valence-corrected chi connectivity index (χ2v) is 4.94. The number of carbonyl (C=O) groups excluding carboxylic acids is 1. The molecule has 0 spiro atoms. The minimum absolute atomic E-state index is 0.0495. The Labute approximate surface area is 111 Å². The Morgan fingerprint density at radius 2 is 2.24 bits per heavy atom. The van der Waals surface area contributed by atoms with E-state index < -0.39 is 0 Å².